The highest BCUT2D eigenvalue weighted by molar-refractivity contribution is 7.89. The molecular formula is C4H6O2S. The molecule has 2 nitrogen and oxygen atoms in total. The van der Waals surface area contributed by atoms with Gasteiger partial charge in [-0.3, -0.25) is 8.37 Å². The van der Waals surface area contributed by atoms with Crippen LogP contribution in [0.4, 0.5) is 0 Å². The summed E-state index contributed by atoms with van der Waals surface area (Å²) >= 11 is 1.04. The summed E-state index contributed by atoms with van der Waals surface area (Å²) in [7, 11) is 0. The lowest BCUT2D eigenvalue weighted by Crippen LogP contribution is -2.04. The van der Waals surface area contributed by atoms with Gasteiger partial charge in [-0.2, -0.15) is 0 Å². The summed E-state index contributed by atoms with van der Waals surface area (Å²) in [5.41, 5.74) is 0.999. The van der Waals surface area contributed by atoms with Crippen molar-refractivity contribution in [2.45, 2.75) is 0 Å². The van der Waals surface area contributed by atoms with Crippen molar-refractivity contribution in [2.24, 2.45) is 0 Å². The molecule has 0 radical (unpaired) electrons. The average molecular weight is 118 g/mol. The minimum absolute atomic E-state index is 0.630. The lowest BCUT2D eigenvalue weighted by Gasteiger charge is -2.09. The first-order chi connectivity index (χ1) is 3.39. The molecule has 0 aliphatic carbocycles. The lowest BCUT2D eigenvalue weighted by atomic mass is 10.4. The van der Waals surface area contributed by atoms with E-state index in [0.717, 1.165) is 17.9 Å². The van der Waals surface area contributed by atoms with Crippen molar-refractivity contribution in [3.8, 4) is 0 Å². The van der Waals surface area contributed by atoms with Crippen molar-refractivity contribution in [1.82, 2.24) is 0 Å². The van der Waals surface area contributed by atoms with E-state index in [1.807, 2.05) is 0 Å². The zero-order chi connectivity index (χ0) is 5.11. The van der Waals surface area contributed by atoms with Crippen molar-refractivity contribution in [3.05, 3.63) is 12.2 Å². The van der Waals surface area contributed by atoms with Gasteiger partial charge in [0.25, 0.3) is 0 Å². The van der Waals surface area contributed by atoms with Gasteiger partial charge in [0.2, 0.25) is 0 Å². The van der Waals surface area contributed by atoms with Crippen LogP contribution in [0.3, 0.4) is 0 Å². The van der Waals surface area contributed by atoms with Crippen LogP contribution in [-0.2, 0) is 8.37 Å². The predicted octanol–water partition coefficient (Wildman–Crippen LogP) is 1.15. The summed E-state index contributed by atoms with van der Waals surface area (Å²) in [5, 5.41) is 0. The van der Waals surface area contributed by atoms with Gasteiger partial charge in [-0.05, 0) is 5.57 Å². The van der Waals surface area contributed by atoms with Gasteiger partial charge in [0.15, 0.2) is 12.3 Å². The lowest BCUT2D eigenvalue weighted by molar-refractivity contribution is 0.269. The molecule has 0 aromatic rings. The van der Waals surface area contributed by atoms with Gasteiger partial charge in [0.05, 0.1) is 13.2 Å². The zero-order valence-corrected chi connectivity index (χ0v) is 4.66. The first-order valence-electron chi connectivity index (χ1n) is 1.97. The van der Waals surface area contributed by atoms with Crippen LogP contribution in [-0.4, -0.2) is 13.2 Å². The van der Waals surface area contributed by atoms with Crippen molar-refractivity contribution in [2.75, 3.05) is 13.2 Å². The molecular weight excluding hydrogens is 112 g/mol. The zero-order valence-electron chi connectivity index (χ0n) is 3.85. The van der Waals surface area contributed by atoms with Crippen LogP contribution in [0.1, 0.15) is 0 Å². The Morgan fingerprint density at radius 3 is 2.29 bits per heavy atom. The molecule has 0 saturated carbocycles. The largest absolute Gasteiger partial charge is 0.287 e. The monoisotopic (exact) mass is 118 g/mol. The number of hydrogen-bond donors (Lipinski definition) is 0. The Balaban J connectivity index is 2.25. The molecule has 0 amide bonds. The second kappa shape index (κ2) is 2.35. The molecule has 40 valence electrons. The average Bonchev–Trinajstić information content (AvgIpc) is 1.69. The maximum atomic E-state index is 4.78. The topological polar surface area (TPSA) is 18.5 Å². The van der Waals surface area contributed by atoms with Gasteiger partial charge in [-0.1, -0.05) is 6.58 Å². The molecule has 1 aliphatic rings. The molecule has 1 rings (SSSR count). The molecule has 3 heteroatoms. The van der Waals surface area contributed by atoms with Gasteiger partial charge < -0.3 is 0 Å². The van der Waals surface area contributed by atoms with Crippen molar-refractivity contribution < 1.29 is 8.37 Å². The van der Waals surface area contributed by atoms with E-state index >= 15 is 0 Å². The highest BCUT2D eigenvalue weighted by atomic mass is 32.2. The number of hydrogen-bond acceptors (Lipinski definition) is 3. The van der Waals surface area contributed by atoms with E-state index < -0.39 is 0 Å². The van der Waals surface area contributed by atoms with Crippen LogP contribution in [0.2, 0.25) is 0 Å². The fourth-order valence-corrected chi connectivity index (χ4v) is 0.788. The molecule has 0 unspecified atom stereocenters. The normalized spacial score (nSPS) is 22.6. The first-order valence-corrected chi connectivity index (χ1v) is 2.64. The van der Waals surface area contributed by atoms with E-state index in [-0.39, 0.29) is 0 Å². The van der Waals surface area contributed by atoms with Crippen LogP contribution < -0.4 is 0 Å². The third-order valence-corrected chi connectivity index (χ3v) is 1.05. The van der Waals surface area contributed by atoms with Crippen LogP contribution in [0, 0.1) is 0 Å². The molecule has 7 heavy (non-hydrogen) atoms. The summed E-state index contributed by atoms with van der Waals surface area (Å²) in [5.74, 6) is 0. The van der Waals surface area contributed by atoms with E-state index in [4.69, 9.17) is 8.37 Å². The van der Waals surface area contributed by atoms with Crippen LogP contribution >= 0.6 is 12.3 Å². The molecule has 1 heterocycles. The fourth-order valence-electron chi connectivity index (χ4n) is 0.290. The maximum Gasteiger partial charge on any atom is 0.159 e. The van der Waals surface area contributed by atoms with Crippen molar-refractivity contribution >= 4 is 12.3 Å². The first kappa shape index (κ1) is 5.15. The molecule has 1 aliphatic heterocycles. The van der Waals surface area contributed by atoms with Gasteiger partial charge in [0.1, 0.15) is 0 Å². The van der Waals surface area contributed by atoms with E-state index in [1.165, 1.54) is 0 Å². The Morgan fingerprint density at radius 1 is 1.43 bits per heavy atom. The Labute approximate surface area is 46.9 Å². The Morgan fingerprint density at radius 2 is 2.00 bits per heavy atom. The van der Waals surface area contributed by atoms with Gasteiger partial charge >= 0.3 is 0 Å². The van der Waals surface area contributed by atoms with Gasteiger partial charge in [-0.15, -0.1) is 0 Å². The minimum atomic E-state index is 0.630. The second-order valence-electron chi connectivity index (χ2n) is 1.34. The molecule has 0 spiro atoms. The highest BCUT2D eigenvalue weighted by Crippen LogP contribution is 2.13. The molecule has 0 aromatic carbocycles. The Bertz CT molecular complexity index is 73.8. The maximum absolute atomic E-state index is 4.78. The standard InChI is InChI=1S/C4H6O2S/c1-4-2-5-7-6-3-4/h1-3H2. The second-order valence-corrected chi connectivity index (χ2v) is 1.95. The summed E-state index contributed by atoms with van der Waals surface area (Å²) < 4.78 is 9.55. The third-order valence-electron chi connectivity index (χ3n) is 0.622. The van der Waals surface area contributed by atoms with E-state index in [1.54, 1.807) is 0 Å². The molecule has 0 aromatic heterocycles. The van der Waals surface area contributed by atoms with E-state index in [0.29, 0.717) is 13.2 Å². The summed E-state index contributed by atoms with van der Waals surface area (Å²) in [4.78, 5) is 0. The summed E-state index contributed by atoms with van der Waals surface area (Å²) in [6.07, 6.45) is 0. The van der Waals surface area contributed by atoms with Gasteiger partial charge in [0, 0.05) is 0 Å². The van der Waals surface area contributed by atoms with Crippen LogP contribution in [0.5, 0.6) is 0 Å². The predicted molar refractivity (Wildman–Crippen MR) is 28.6 cm³/mol. The highest BCUT2D eigenvalue weighted by Gasteiger charge is 2.02. The van der Waals surface area contributed by atoms with Crippen LogP contribution in [0.15, 0.2) is 12.2 Å². The van der Waals surface area contributed by atoms with Crippen LogP contribution in [0.25, 0.3) is 0 Å². The molecule has 0 bridgehead atoms. The number of rotatable bonds is 0. The van der Waals surface area contributed by atoms with Crippen molar-refractivity contribution in [1.29, 1.82) is 0 Å². The van der Waals surface area contributed by atoms with Crippen molar-refractivity contribution in [3.63, 3.8) is 0 Å². The minimum Gasteiger partial charge on any atom is -0.287 e. The summed E-state index contributed by atoms with van der Waals surface area (Å²) in [6.45, 7) is 4.91. The smallest absolute Gasteiger partial charge is 0.159 e. The quantitative estimate of drug-likeness (QED) is 0.351. The molecule has 0 atom stereocenters. The Kier molecular flexibility index (Phi) is 1.73. The fraction of sp³-hybridized carbons (Fsp3) is 0.500. The SMILES string of the molecule is C=C1COSOC1. The molecule has 1 saturated heterocycles. The summed E-state index contributed by atoms with van der Waals surface area (Å²) in [6, 6.07) is 0. The van der Waals surface area contributed by atoms with E-state index in [2.05, 4.69) is 6.58 Å². The Hall–Kier alpha value is 0.01000. The van der Waals surface area contributed by atoms with E-state index in [9.17, 15) is 0 Å². The third kappa shape index (κ3) is 1.51. The van der Waals surface area contributed by atoms with Gasteiger partial charge in [-0.25, -0.2) is 0 Å². The molecule has 0 N–H and O–H groups in total. The molecule has 1 fully saturated rings.